The average Bonchev–Trinajstić information content (AvgIpc) is 3.55. The molecule has 4 amide bonds. The van der Waals surface area contributed by atoms with Gasteiger partial charge in [0.05, 0.1) is 23.3 Å². The third kappa shape index (κ3) is 6.00. The zero-order valence-electron chi connectivity index (χ0n) is 25.3. The molecule has 3 heterocycles. The summed E-state index contributed by atoms with van der Waals surface area (Å²) in [4.78, 5) is 49.2. The van der Waals surface area contributed by atoms with Crippen LogP contribution in [-0.2, 0) is 29.1 Å². The van der Waals surface area contributed by atoms with Crippen LogP contribution in [0.5, 0.6) is 11.5 Å². The van der Waals surface area contributed by atoms with Crippen LogP contribution in [-0.4, -0.2) is 84.2 Å². The normalized spacial score (nSPS) is 18.4. The van der Waals surface area contributed by atoms with Crippen molar-refractivity contribution in [2.75, 3.05) is 18.8 Å². The minimum atomic E-state index is -0.948. The number of hydrogen-bond donors (Lipinski definition) is 4. The zero-order chi connectivity index (χ0) is 32.7. The fourth-order valence-corrected chi connectivity index (χ4v) is 6.93. The van der Waals surface area contributed by atoms with E-state index in [-0.39, 0.29) is 67.8 Å². The highest BCUT2D eigenvalue weighted by atomic mass is 32.1. The third-order valence-corrected chi connectivity index (χ3v) is 9.10. The predicted octanol–water partition coefficient (Wildman–Crippen LogP) is 3.39. The minimum absolute atomic E-state index is 0.0749. The highest BCUT2D eigenvalue weighted by Gasteiger charge is 2.52. The second-order valence-corrected chi connectivity index (χ2v) is 12.7. The molecule has 0 radical (unpaired) electrons. The molecule has 6 rings (SSSR count). The predicted molar refractivity (Wildman–Crippen MR) is 170 cm³/mol. The molecule has 5 N–H and O–H groups in total. The molecular weight excluding hydrogens is 613 g/mol. The second kappa shape index (κ2) is 12.4. The van der Waals surface area contributed by atoms with E-state index in [1.54, 1.807) is 28.1 Å². The minimum Gasteiger partial charge on any atom is -0.504 e. The molecular formula is C32H34FN7O5S. The van der Waals surface area contributed by atoms with Gasteiger partial charge in [0.2, 0.25) is 11.8 Å². The molecule has 2 saturated heterocycles. The number of amides is 4. The average molecular weight is 648 g/mol. The van der Waals surface area contributed by atoms with E-state index in [9.17, 15) is 29.0 Å². The summed E-state index contributed by atoms with van der Waals surface area (Å²) in [6.07, 6.45) is -0.606. The fourth-order valence-electron chi connectivity index (χ4n) is 6.15. The number of para-hydroxylation sites is 1. The summed E-state index contributed by atoms with van der Waals surface area (Å²) in [6, 6.07) is 14.0. The number of fused-ring (bicyclic) bond motifs is 2. The Morgan fingerprint density at radius 2 is 1.85 bits per heavy atom. The molecule has 12 nitrogen and oxygen atoms in total. The molecule has 0 aliphatic carbocycles. The number of nitrogens with one attached hydrogen (secondary N) is 1. The van der Waals surface area contributed by atoms with E-state index in [0.29, 0.717) is 21.8 Å². The summed E-state index contributed by atoms with van der Waals surface area (Å²) >= 11 is 1.35. The van der Waals surface area contributed by atoms with Crippen molar-refractivity contribution in [3.63, 3.8) is 0 Å². The Kier molecular flexibility index (Phi) is 8.40. The first-order valence-corrected chi connectivity index (χ1v) is 15.6. The van der Waals surface area contributed by atoms with Gasteiger partial charge in [-0.3, -0.25) is 14.6 Å². The number of rotatable bonds is 8. The molecule has 2 aliphatic rings. The molecule has 0 saturated carbocycles. The third-order valence-electron chi connectivity index (χ3n) is 8.25. The lowest BCUT2D eigenvalue weighted by Crippen LogP contribution is -2.66. The van der Waals surface area contributed by atoms with E-state index in [1.165, 1.54) is 45.5 Å². The van der Waals surface area contributed by atoms with Gasteiger partial charge in [-0.25, -0.2) is 14.2 Å². The Morgan fingerprint density at radius 1 is 1.11 bits per heavy atom. The van der Waals surface area contributed by atoms with Gasteiger partial charge in [0.15, 0.2) is 16.6 Å². The Balaban J connectivity index is 1.32. The number of benzene rings is 3. The number of anilines is 1. The van der Waals surface area contributed by atoms with Gasteiger partial charge in [-0.1, -0.05) is 41.7 Å². The second-order valence-electron chi connectivity index (χ2n) is 11.7. The molecule has 2 fully saturated rings. The molecule has 14 heteroatoms. The van der Waals surface area contributed by atoms with Crippen LogP contribution >= 0.6 is 11.3 Å². The van der Waals surface area contributed by atoms with Crippen molar-refractivity contribution in [2.45, 2.75) is 51.6 Å². The number of carbonyl (C=O) groups is 3. The molecule has 0 unspecified atom stereocenters. The van der Waals surface area contributed by atoms with Gasteiger partial charge >= 0.3 is 6.03 Å². The van der Waals surface area contributed by atoms with E-state index < -0.39 is 18.2 Å². The highest BCUT2D eigenvalue weighted by molar-refractivity contribution is 7.22. The molecule has 2 aliphatic heterocycles. The van der Waals surface area contributed by atoms with Crippen LogP contribution in [0.1, 0.15) is 30.5 Å². The number of carbonyl (C=O) groups excluding carboxylic acids is 3. The number of thiazole rings is 1. The van der Waals surface area contributed by atoms with Crippen LogP contribution in [0.25, 0.3) is 10.2 Å². The number of hydrogen-bond acceptors (Lipinski definition) is 9. The summed E-state index contributed by atoms with van der Waals surface area (Å²) in [6.45, 7) is 4.00. The molecule has 0 bridgehead atoms. The topological polar surface area (TPSA) is 156 Å². The van der Waals surface area contributed by atoms with Crippen LogP contribution in [0.2, 0.25) is 0 Å². The summed E-state index contributed by atoms with van der Waals surface area (Å²) < 4.78 is 14.3. The first kappa shape index (κ1) is 31.0. The Labute approximate surface area is 268 Å². The number of nitrogens with zero attached hydrogens (tertiary/aromatic N) is 5. The van der Waals surface area contributed by atoms with E-state index in [2.05, 4.69) is 10.3 Å². The fraction of sp³-hybridized carbons (Fsp3) is 0.312. The Hall–Kier alpha value is -4.95. The highest BCUT2D eigenvalue weighted by Crippen LogP contribution is 2.34. The van der Waals surface area contributed by atoms with Gasteiger partial charge in [-0.2, -0.15) is 5.01 Å². The molecule has 46 heavy (non-hydrogen) atoms. The first-order chi connectivity index (χ1) is 22.0. The van der Waals surface area contributed by atoms with Crippen molar-refractivity contribution in [3.8, 4) is 11.5 Å². The van der Waals surface area contributed by atoms with Crippen LogP contribution in [0.3, 0.4) is 0 Å². The van der Waals surface area contributed by atoms with Gasteiger partial charge in [0.1, 0.15) is 18.0 Å². The number of aromatic nitrogens is 1. The summed E-state index contributed by atoms with van der Waals surface area (Å²) in [5.74, 6) is -1.62. The SMILES string of the molecule is CC(C)N(C(=O)NCc1ccc(F)cc1)N1CC(=O)N2[C@@H](Cc3ccc(O)c(O)c3)C(=O)N(Cc3cccc4sc(N)nc34)C[C@@H]21. The Bertz CT molecular complexity index is 1800. The number of nitrogens with two attached hydrogens (primary N) is 1. The zero-order valence-corrected chi connectivity index (χ0v) is 26.1. The molecule has 4 aromatic rings. The lowest BCUT2D eigenvalue weighted by Gasteiger charge is -2.47. The number of halogens is 1. The smallest absolute Gasteiger partial charge is 0.332 e. The summed E-state index contributed by atoms with van der Waals surface area (Å²) in [7, 11) is 0. The maximum Gasteiger partial charge on any atom is 0.332 e. The largest absolute Gasteiger partial charge is 0.504 e. The van der Waals surface area contributed by atoms with Crippen LogP contribution < -0.4 is 11.1 Å². The van der Waals surface area contributed by atoms with Crippen molar-refractivity contribution in [3.05, 3.63) is 83.2 Å². The number of nitrogen functional groups attached to an aromatic ring is 1. The molecule has 240 valence electrons. The quantitative estimate of drug-likeness (QED) is 0.212. The van der Waals surface area contributed by atoms with Crippen LogP contribution in [0.4, 0.5) is 14.3 Å². The van der Waals surface area contributed by atoms with Crippen LogP contribution in [0.15, 0.2) is 60.7 Å². The molecule has 1 aromatic heterocycles. The van der Waals surface area contributed by atoms with Crippen molar-refractivity contribution < 1.29 is 29.0 Å². The number of hydrazine groups is 1. The Morgan fingerprint density at radius 3 is 2.57 bits per heavy atom. The lowest BCUT2D eigenvalue weighted by molar-refractivity contribution is -0.158. The maximum absolute atomic E-state index is 14.2. The van der Waals surface area contributed by atoms with Crippen molar-refractivity contribution in [2.24, 2.45) is 0 Å². The van der Waals surface area contributed by atoms with Gasteiger partial charge in [0, 0.05) is 25.6 Å². The van der Waals surface area contributed by atoms with Crippen molar-refractivity contribution in [1.82, 2.24) is 30.1 Å². The number of piperazine rings is 1. The van der Waals surface area contributed by atoms with E-state index in [0.717, 1.165) is 10.3 Å². The molecule has 0 spiro atoms. The van der Waals surface area contributed by atoms with Gasteiger partial charge in [0.25, 0.3) is 0 Å². The van der Waals surface area contributed by atoms with E-state index in [1.807, 2.05) is 32.0 Å². The maximum atomic E-state index is 14.2. The first-order valence-electron chi connectivity index (χ1n) is 14.8. The van der Waals surface area contributed by atoms with E-state index >= 15 is 0 Å². The number of phenols is 2. The van der Waals surface area contributed by atoms with Crippen molar-refractivity contribution >= 4 is 44.5 Å². The summed E-state index contributed by atoms with van der Waals surface area (Å²) in [5, 5.41) is 26.5. The molecule has 3 aromatic carbocycles. The van der Waals surface area contributed by atoms with Crippen molar-refractivity contribution in [1.29, 1.82) is 0 Å². The molecule has 2 atom stereocenters. The van der Waals surface area contributed by atoms with Crippen LogP contribution in [0, 0.1) is 5.82 Å². The van der Waals surface area contributed by atoms with Gasteiger partial charge < -0.3 is 31.1 Å². The van der Waals surface area contributed by atoms with Gasteiger partial charge in [-0.05, 0) is 60.9 Å². The summed E-state index contributed by atoms with van der Waals surface area (Å²) in [5.41, 5.74) is 8.74. The number of urea groups is 1. The standard InChI is InChI=1S/C32H34FN7O5S/c1-18(2)40(32(45)35-14-19-6-9-22(33)10-7-19)38-17-28(43)39-23(12-20-8-11-24(41)25(42)13-20)30(44)37(16-27(38)39)15-21-4-3-5-26-29(21)36-31(34)46-26/h3-11,13,18,23,27,41-42H,12,14-17H2,1-2H3,(H2,34,36)(H,35,45)/t23-,27+/m0/s1. The number of aromatic hydroxyl groups is 2. The monoisotopic (exact) mass is 647 g/mol. The number of phenolic OH excluding ortho intramolecular Hbond substituents is 2. The lowest BCUT2D eigenvalue weighted by atomic mass is 9.99. The van der Waals surface area contributed by atoms with Gasteiger partial charge in [-0.15, -0.1) is 0 Å². The van der Waals surface area contributed by atoms with E-state index in [4.69, 9.17) is 5.73 Å².